The molecule has 0 bridgehead atoms. The Morgan fingerprint density at radius 2 is 1.67 bits per heavy atom. The maximum atomic E-state index is 12.6. The first kappa shape index (κ1) is 13.7. The van der Waals surface area contributed by atoms with Crippen molar-refractivity contribution in [2.24, 2.45) is 0 Å². The largest absolute Gasteiger partial charge is 0.399 e. The SMILES string of the molecule is Nc1ccc(CC(=O)N(Cc2ccccc2)C2CC2)cc1. The van der Waals surface area contributed by atoms with E-state index in [2.05, 4.69) is 12.1 Å². The van der Waals surface area contributed by atoms with Crippen molar-refractivity contribution in [1.29, 1.82) is 0 Å². The summed E-state index contributed by atoms with van der Waals surface area (Å²) in [5, 5.41) is 0. The van der Waals surface area contributed by atoms with Gasteiger partial charge in [-0.25, -0.2) is 0 Å². The zero-order valence-electron chi connectivity index (χ0n) is 12.0. The van der Waals surface area contributed by atoms with Gasteiger partial charge in [0.05, 0.1) is 6.42 Å². The molecule has 1 aliphatic rings. The summed E-state index contributed by atoms with van der Waals surface area (Å²) in [6, 6.07) is 18.2. The monoisotopic (exact) mass is 280 g/mol. The standard InChI is InChI=1S/C18H20N2O/c19-16-8-6-14(7-9-16)12-18(21)20(17-10-11-17)13-15-4-2-1-3-5-15/h1-9,17H,10-13,19H2. The molecular formula is C18H20N2O. The Morgan fingerprint density at radius 3 is 2.29 bits per heavy atom. The zero-order chi connectivity index (χ0) is 14.7. The van der Waals surface area contributed by atoms with Crippen molar-refractivity contribution < 1.29 is 4.79 Å². The molecule has 1 amide bonds. The van der Waals surface area contributed by atoms with Gasteiger partial charge in [-0.2, -0.15) is 0 Å². The predicted molar refractivity (Wildman–Crippen MR) is 84.6 cm³/mol. The van der Waals surface area contributed by atoms with Crippen LogP contribution < -0.4 is 5.73 Å². The number of hydrogen-bond acceptors (Lipinski definition) is 2. The van der Waals surface area contributed by atoms with Gasteiger partial charge in [0.1, 0.15) is 0 Å². The molecule has 0 heterocycles. The Hall–Kier alpha value is -2.29. The first-order valence-electron chi connectivity index (χ1n) is 7.40. The molecule has 2 N–H and O–H groups in total. The summed E-state index contributed by atoms with van der Waals surface area (Å²) in [6.07, 6.45) is 2.70. The molecular weight excluding hydrogens is 260 g/mol. The minimum atomic E-state index is 0.200. The molecule has 2 aromatic carbocycles. The molecule has 1 aliphatic carbocycles. The number of nitrogens with two attached hydrogens (primary N) is 1. The Morgan fingerprint density at radius 1 is 1.00 bits per heavy atom. The fraction of sp³-hybridized carbons (Fsp3) is 0.278. The Labute approximate surface area is 125 Å². The molecule has 0 atom stereocenters. The number of benzene rings is 2. The number of rotatable bonds is 5. The van der Waals surface area contributed by atoms with Crippen LogP contribution in [0.4, 0.5) is 5.69 Å². The normalized spacial score (nSPS) is 13.9. The lowest BCUT2D eigenvalue weighted by Gasteiger charge is -2.22. The van der Waals surface area contributed by atoms with Crippen LogP contribution in [0.3, 0.4) is 0 Å². The summed E-state index contributed by atoms with van der Waals surface area (Å²) < 4.78 is 0. The van der Waals surface area contributed by atoms with Gasteiger partial charge in [0.25, 0.3) is 0 Å². The quantitative estimate of drug-likeness (QED) is 0.856. The number of carbonyl (C=O) groups excluding carboxylic acids is 1. The molecule has 1 saturated carbocycles. The van der Waals surface area contributed by atoms with E-state index >= 15 is 0 Å². The number of nitrogen functional groups attached to an aromatic ring is 1. The third kappa shape index (κ3) is 3.63. The molecule has 3 nitrogen and oxygen atoms in total. The number of nitrogens with zero attached hydrogens (tertiary/aromatic N) is 1. The van der Waals surface area contributed by atoms with Gasteiger partial charge in [-0.15, -0.1) is 0 Å². The number of carbonyl (C=O) groups is 1. The minimum Gasteiger partial charge on any atom is -0.399 e. The maximum Gasteiger partial charge on any atom is 0.227 e. The van der Waals surface area contributed by atoms with E-state index in [0.717, 1.165) is 24.1 Å². The van der Waals surface area contributed by atoms with Crippen LogP contribution in [0, 0.1) is 0 Å². The van der Waals surface area contributed by atoms with Crippen molar-refractivity contribution in [3.05, 3.63) is 65.7 Å². The molecule has 2 aromatic rings. The molecule has 3 rings (SSSR count). The fourth-order valence-corrected chi connectivity index (χ4v) is 2.50. The average molecular weight is 280 g/mol. The second kappa shape index (κ2) is 6.00. The molecule has 3 heteroatoms. The third-order valence-electron chi connectivity index (χ3n) is 3.84. The second-order valence-electron chi connectivity index (χ2n) is 5.66. The molecule has 0 aliphatic heterocycles. The molecule has 1 fully saturated rings. The van der Waals surface area contributed by atoms with Crippen molar-refractivity contribution in [3.63, 3.8) is 0 Å². The van der Waals surface area contributed by atoms with Gasteiger partial charge in [0.15, 0.2) is 0 Å². The highest BCUT2D eigenvalue weighted by atomic mass is 16.2. The highest BCUT2D eigenvalue weighted by Crippen LogP contribution is 2.29. The Balaban J connectivity index is 1.69. The van der Waals surface area contributed by atoms with Crippen LogP contribution in [-0.2, 0) is 17.8 Å². The van der Waals surface area contributed by atoms with Crippen molar-refractivity contribution in [1.82, 2.24) is 4.90 Å². The van der Waals surface area contributed by atoms with E-state index in [4.69, 9.17) is 5.73 Å². The summed E-state index contributed by atoms with van der Waals surface area (Å²) in [7, 11) is 0. The maximum absolute atomic E-state index is 12.6. The summed E-state index contributed by atoms with van der Waals surface area (Å²) >= 11 is 0. The summed E-state index contributed by atoms with van der Waals surface area (Å²) in [4.78, 5) is 14.6. The number of hydrogen-bond donors (Lipinski definition) is 1. The van der Waals surface area contributed by atoms with Gasteiger partial charge in [0, 0.05) is 18.3 Å². The van der Waals surface area contributed by atoms with E-state index in [1.54, 1.807) is 0 Å². The van der Waals surface area contributed by atoms with Crippen LogP contribution >= 0.6 is 0 Å². The van der Waals surface area contributed by atoms with Crippen molar-refractivity contribution in [2.45, 2.75) is 31.8 Å². The van der Waals surface area contributed by atoms with Crippen LogP contribution in [-0.4, -0.2) is 16.8 Å². The fourth-order valence-electron chi connectivity index (χ4n) is 2.50. The van der Waals surface area contributed by atoms with Gasteiger partial charge in [-0.05, 0) is 36.1 Å². The molecule has 0 saturated heterocycles. The zero-order valence-corrected chi connectivity index (χ0v) is 12.0. The van der Waals surface area contributed by atoms with Gasteiger partial charge in [-0.1, -0.05) is 42.5 Å². The lowest BCUT2D eigenvalue weighted by molar-refractivity contribution is -0.131. The average Bonchev–Trinajstić information content (AvgIpc) is 3.33. The highest BCUT2D eigenvalue weighted by molar-refractivity contribution is 5.79. The van der Waals surface area contributed by atoms with Crippen LogP contribution in [0.2, 0.25) is 0 Å². The Kier molecular flexibility index (Phi) is 3.91. The van der Waals surface area contributed by atoms with Crippen molar-refractivity contribution in [2.75, 3.05) is 5.73 Å². The van der Waals surface area contributed by atoms with Crippen molar-refractivity contribution in [3.8, 4) is 0 Å². The third-order valence-corrected chi connectivity index (χ3v) is 3.84. The Bertz CT molecular complexity index is 603. The first-order chi connectivity index (χ1) is 10.2. The lowest BCUT2D eigenvalue weighted by Crippen LogP contribution is -2.33. The van der Waals surface area contributed by atoms with Crippen LogP contribution in [0.5, 0.6) is 0 Å². The molecule has 21 heavy (non-hydrogen) atoms. The highest BCUT2D eigenvalue weighted by Gasteiger charge is 2.32. The van der Waals surface area contributed by atoms with E-state index < -0.39 is 0 Å². The molecule has 0 radical (unpaired) electrons. The van der Waals surface area contributed by atoms with Gasteiger partial charge in [-0.3, -0.25) is 4.79 Å². The van der Waals surface area contributed by atoms with Crippen molar-refractivity contribution >= 4 is 11.6 Å². The minimum absolute atomic E-state index is 0.200. The van der Waals surface area contributed by atoms with Crippen LogP contribution in [0.1, 0.15) is 24.0 Å². The smallest absolute Gasteiger partial charge is 0.227 e. The number of anilines is 1. The van der Waals surface area contributed by atoms with Crippen LogP contribution in [0.15, 0.2) is 54.6 Å². The summed E-state index contributed by atoms with van der Waals surface area (Å²) in [5.74, 6) is 0.200. The van der Waals surface area contributed by atoms with Gasteiger partial charge < -0.3 is 10.6 Å². The molecule has 0 aromatic heterocycles. The predicted octanol–water partition coefficient (Wildman–Crippen LogP) is 3.00. The molecule has 108 valence electrons. The van der Waals surface area contributed by atoms with E-state index in [9.17, 15) is 4.79 Å². The van der Waals surface area contributed by atoms with Crippen LogP contribution in [0.25, 0.3) is 0 Å². The lowest BCUT2D eigenvalue weighted by atomic mass is 10.1. The van der Waals surface area contributed by atoms with Gasteiger partial charge in [0.2, 0.25) is 5.91 Å². The molecule has 0 unspecified atom stereocenters. The first-order valence-corrected chi connectivity index (χ1v) is 7.40. The second-order valence-corrected chi connectivity index (χ2v) is 5.66. The summed E-state index contributed by atoms with van der Waals surface area (Å²) in [5.41, 5.74) is 8.62. The molecule has 0 spiro atoms. The van der Waals surface area contributed by atoms with Gasteiger partial charge >= 0.3 is 0 Å². The number of amides is 1. The van der Waals surface area contributed by atoms with E-state index in [-0.39, 0.29) is 5.91 Å². The van der Waals surface area contributed by atoms with E-state index in [0.29, 0.717) is 19.0 Å². The topological polar surface area (TPSA) is 46.3 Å². The van der Waals surface area contributed by atoms with E-state index in [1.165, 1.54) is 5.56 Å². The summed E-state index contributed by atoms with van der Waals surface area (Å²) in [6.45, 7) is 0.708. The van der Waals surface area contributed by atoms with E-state index in [1.807, 2.05) is 47.4 Å².